The lowest BCUT2D eigenvalue weighted by Gasteiger charge is -2.03. The molecule has 0 aromatic carbocycles. The molecular formula is C6H13ClNO2S+. The molecule has 0 bridgehead atoms. The predicted octanol–water partition coefficient (Wildman–Crippen LogP) is -0.258. The minimum absolute atomic E-state index is 0.257. The number of hydrogen-bond acceptors (Lipinski definition) is 3. The van der Waals surface area contributed by atoms with Crippen molar-refractivity contribution in [3.8, 4) is 0 Å². The number of esters is 1. The Bertz CT molecular complexity index is 123. The molecule has 5 heteroatoms. The molecule has 0 spiro atoms. The van der Waals surface area contributed by atoms with Crippen LogP contribution in [0.3, 0.4) is 0 Å². The van der Waals surface area contributed by atoms with Crippen LogP contribution in [-0.4, -0.2) is 36.5 Å². The van der Waals surface area contributed by atoms with Gasteiger partial charge in [-0.3, -0.25) is 0 Å². The summed E-state index contributed by atoms with van der Waals surface area (Å²) in [6.07, 6.45) is 0. The number of hydrogen-bond donors (Lipinski definition) is 1. The minimum atomic E-state index is -0.270. The number of rotatable bonds is 5. The van der Waals surface area contributed by atoms with Gasteiger partial charge >= 0.3 is 5.97 Å². The second-order valence-corrected chi connectivity index (χ2v) is 3.51. The maximum Gasteiger partial charge on any atom is 0.365 e. The Morgan fingerprint density at radius 1 is 1.82 bits per heavy atom. The van der Waals surface area contributed by atoms with Crippen molar-refractivity contribution in [2.75, 3.05) is 24.5 Å². The Hall–Kier alpha value is 0.0700. The molecule has 0 unspecified atom stereocenters. The second kappa shape index (κ2) is 6.76. The van der Waals surface area contributed by atoms with Gasteiger partial charge in [0.1, 0.15) is 0 Å². The van der Waals surface area contributed by atoms with Crippen LogP contribution in [0.25, 0.3) is 0 Å². The Balaban J connectivity index is 3.36. The van der Waals surface area contributed by atoms with Crippen LogP contribution in [0, 0.1) is 0 Å². The van der Waals surface area contributed by atoms with Gasteiger partial charge in [0.15, 0.2) is 6.04 Å². The van der Waals surface area contributed by atoms with Crippen LogP contribution >= 0.6 is 23.4 Å². The fourth-order valence-corrected chi connectivity index (χ4v) is 1.54. The van der Waals surface area contributed by atoms with Gasteiger partial charge in [-0.05, 0) is 0 Å². The molecule has 0 aliphatic carbocycles. The minimum Gasteiger partial charge on any atom is -0.465 e. The first-order chi connectivity index (χ1) is 5.22. The summed E-state index contributed by atoms with van der Waals surface area (Å²) in [4.78, 5) is 10.8. The van der Waals surface area contributed by atoms with Crippen molar-refractivity contribution in [1.29, 1.82) is 0 Å². The highest BCUT2D eigenvalue weighted by molar-refractivity contribution is 7.99. The monoisotopic (exact) mass is 198 g/mol. The van der Waals surface area contributed by atoms with Gasteiger partial charge < -0.3 is 10.5 Å². The van der Waals surface area contributed by atoms with Crippen molar-refractivity contribution in [1.82, 2.24) is 0 Å². The van der Waals surface area contributed by atoms with Crippen molar-refractivity contribution >= 4 is 29.3 Å². The van der Waals surface area contributed by atoms with E-state index in [4.69, 9.17) is 11.6 Å². The van der Waals surface area contributed by atoms with Crippen molar-refractivity contribution < 1.29 is 15.3 Å². The molecule has 3 N–H and O–H groups in total. The number of halogens is 1. The maximum atomic E-state index is 10.8. The number of alkyl halides is 1. The molecule has 0 fully saturated rings. The Morgan fingerprint density at radius 2 is 2.45 bits per heavy atom. The number of thioether (sulfide) groups is 1. The van der Waals surface area contributed by atoms with E-state index in [0.717, 1.165) is 5.75 Å². The summed E-state index contributed by atoms with van der Waals surface area (Å²) in [7, 11) is 1.37. The lowest BCUT2D eigenvalue weighted by atomic mass is 10.4. The maximum absolute atomic E-state index is 10.8. The molecule has 1 atom stereocenters. The van der Waals surface area contributed by atoms with Gasteiger partial charge in [0.05, 0.1) is 12.9 Å². The fourth-order valence-electron chi connectivity index (χ4n) is 0.515. The van der Waals surface area contributed by atoms with Crippen molar-refractivity contribution in [3.05, 3.63) is 0 Å². The van der Waals surface area contributed by atoms with E-state index in [0.29, 0.717) is 11.6 Å². The normalized spacial score (nSPS) is 12.6. The number of carbonyl (C=O) groups is 1. The predicted molar refractivity (Wildman–Crippen MR) is 46.7 cm³/mol. The van der Waals surface area contributed by atoms with E-state index in [1.165, 1.54) is 7.11 Å². The van der Waals surface area contributed by atoms with Gasteiger partial charge in [-0.2, -0.15) is 11.8 Å². The van der Waals surface area contributed by atoms with Gasteiger partial charge in [-0.1, -0.05) is 0 Å². The third kappa shape index (κ3) is 5.35. The summed E-state index contributed by atoms with van der Waals surface area (Å²) in [6, 6.07) is -0.270. The first-order valence-electron chi connectivity index (χ1n) is 3.27. The third-order valence-corrected chi connectivity index (χ3v) is 2.62. The van der Waals surface area contributed by atoms with Gasteiger partial charge in [0.25, 0.3) is 0 Å². The molecule has 11 heavy (non-hydrogen) atoms. The molecule has 0 heterocycles. The van der Waals surface area contributed by atoms with E-state index in [-0.39, 0.29) is 12.0 Å². The summed E-state index contributed by atoms with van der Waals surface area (Å²) < 4.78 is 4.49. The summed E-state index contributed by atoms with van der Waals surface area (Å²) in [5, 5.41) is 0. The van der Waals surface area contributed by atoms with E-state index in [1.807, 2.05) is 0 Å². The Labute approximate surface area is 75.6 Å². The number of carbonyl (C=O) groups excluding carboxylic acids is 1. The molecule has 0 aromatic heterocycles. The molecule has 0 saturated heterocycles. The van der Waals surface area contributed by atoms with E-state index >= 15 is 0 Å². The average Bonchev–Trinajstić information content (AvgIpc) is 2.03. The highest BCUT2D eigenvalue weighted by Crippen LogP contribution is 2.01. The van der Waals surface area contributed by atoms with Crippen molar-refractivity contribution in [2.24, 2.45) is 0 Å². The first-order valence-corrected chi connectivity index (χ1v) is 4.96. The van der Waals surface area contributed by atoms with Crippen LogP contribution in [-0.2, 0) is 9.53 Å². The molecule has 0 amide bonds. The molecule has 0 radical (unpaired) electrons. The Morgan fingerprint density at radius 3 is 2.91 bits per heavy atom. The second-order valence-electron chi connectivity index (χ2n) is 1.98. The van der Waals surface area contributed by atoms with Gasteiger partial charge in [-0.25, -0.2) is 4.79 Å². The van der Waals surface area contributed by atoms with Crippen LogP contribution in [0.4, 0.5) is 0 Å². The molecule has 0 aromatic rings. The topological polar surface area (TPSA) is 53.9 Å². The van der Waals surface area contributed by atoms with Gasteiger partial charge in [0, 0.05) is 11.6 Å². The smallest absolute Gasteiger partial charge is 0.365 e. The number of methoxy groups -OCH3 is 1. The third-order valence-electron chi connectivity index (χ3n) is 1.08. The van der Waals surface area contributed by atoms with E-state index < -0.39 is 0 Å². The zero-order valence-corrected chi connectivity index (χ0v) is 8.08. The van der Waals surface area contributed by atoms with E-state index in [2.05, 4.69) is 10.5 Å². The van der Waals surface area contributed by atoms with Crippen LogP contribution in [0.15, 0.2) is 0 Å². The Kier molecular flexibility index (Phi) is 6.80. The first kappa shape index (κ1) is 11.1. The molecule has 0 saturated carbocycles. The van der Waals surface area contributed by atoms with E-state index in [1.54, 1.807) is 11.8 Å². The molecular weight excluding hydrogens is 186 g/mol. The van der Waals surface area contributed by atoms with Gasteiger partial charge in [0.2, 0.25) is 0 Å². The average molecular weight is 199 g/mol. The lowest BCUT2D eigenvalue weighted by Crippen LogP contribution is -2.66. The van der Waals surface area contributed by atoms with Crippen molar-refractivity contribution in [2.45, 2.75) is 6.04 Å². The zero-order chi connectivity index (χ0) is 8.69. The summed E-state index contributed by atoms with van der Waals surface area (Å²) in [5.74, 6) is 1.88. The fraction of sp³-hybridized carbons (Fsp3) is 0.833. The van der Waals surface area contributed by atoms with E-state index in [9.17, 15) is 4.79 Å². The number of ether oxygens (including phenoxy) is 1. The summed E-state index contributed by atoms with van der Waals surface area (Å²) in [6.45, 7) is 0. The van der Waals surface area contributed by atoms with Crippen LogP contribution < -0.4 is 5.73 Å². The standard InChI is InChI=1S/C6H12ClNO2S/c1-10-6(9)5(8)4-11-3-2-7/h5H,2-4,8H2,1H3/p+1/t5-/m0/s1. The largest absolute Gasteiger partial charge is 0.465 e. The number of quaternary nitrogens is 1. The molecule has 3 nitrogen and oxygen atoms in total. The molecule has 0 rings (SSSR count). The van der Waals surface area contributed by atoms with Crippen molar-refractivity contribution in [3.63, 3.8) is 0 Å². The summed E-state index contributed by atoms with van der Waals surface area (Å²) in [5.41, 5.74) is 3.64. The SMILES string of the molecule is COC(=O)[C@@H]([NH3+])CSCCCl. The van der Waals surface area contributed by atoms with Crippen LogP contribution in [0.5, 0.6) is 0 Å². The molecule has 0 aliphatic heterocycles. The quantitative estimate of drug-likeness (QED) is 0.376. The van der Waals surface area contributed by atoms with Crippen LogP contribution in [0.2, 0.25) is 0 Å². The zero-order valence-electron chi connectivity index (χ0n) is 6.51. The van der Waals surface area contributed by atoms with Gasteiger partial charge in [-0.15, -0.1) is 11.6 Å². The lowest BCUT2D eigenvalue weighted by molar-refractivity contribution is -0.400. The highest BCUT2D eigenvalue weighted by Gasteiger charge is 2.16. The van der Waals surface area contributed by atoms with Crippen LogP contribution in [0.1, 0.15) is 0 Å². The molecule has 66 valence electrons. The highest BCUT2D eigenvalue weighted by atomic mass is 35.5. The summed E-state index contributed by atoms with van der Waals surface area (Å²) >= 11 is 7.05. The molecule has 0 aliphatic rings.